The van der Waals surface area contributed by atoms with E-state index in [-0.39, 0.29) is 30.1 Å². The molecule has 1 fully saturated rings. The predicted octanol–water partition coefficient (Wildman–Crippen LogP) is 2.47. The van der Waals surface area contributed by atoms with Crippen LogP contribution in [0.4, 0.5) is 8.78 Å². The van der Waals surface area contributed by atoms with E-state index >= 15 is 0 Å². The van der Waals surface area contributed by atoms with Crippen molar-refractivity contribution in [1.29, 1.82) is 0 Å². The van der Waals surface area contributed by atoms with Gasteiger partial charge in [0.1, 0.15) is 5.75 Å². The molecule has 2 rings (SSSR count). The molecule has 1 atom stereocenters. The Hall–Kier alpha value is -1.40. The highest BCUT2D eigenvalue weighted by molar-refractivity contribution is 5.85. The van der Waals surface area contributed by atoms with Crippen molar-refractivity contribution in [2.75, 3.05) is 6.54 Å². The van der Waals surface area contributed by atoms with Crippen LogP contribution in [0.1, 0.15) is 24.8 Å². The molecular formula is C14H19ClF2N2O2. The van der Waals surface area contributed by atoms with Crippen LogP contribution in [-0.4, -0.2) is 25.1 Å². The lowest BCUT2D eigenvalue weighted by Crippen LogP contribution is -2.46. The quantitative estimate of drug-likeness (QED) is 0.876. The van der Waals surface area contributed by atoms with E-state index in [2.05, 4.69) is 15.4 Å². The van der Waals surface area contributed by atoms with E-state index in [0.29, 0.717) is 6.54 Å². The molecule has 1 aromatic carbocycles. The third-order valence-corrected chi connectivity index (χ3v) is 3.24. The number of hydrogen-bond acceptors (Lipinski definition) is 3. The van der Waals surface area contributed by atoms with Crippen LogP contribution in [0.15, 0.2) is 24.3 Å². The van der Waals surface area contributed by atoms with E-state index < -0.39 is 6.61 Å². The van der Waals surface area contributed by atoms with Crippen molar-refractivity contribution < 1.29 is 18.3 Å². The van der Waals surface area contributed by atoms with Crippen LogP contribution in [0.5, 0.6) is 5.75 Å². The maximum atomic E-state index is 12.0. The van der Waals surface area contributed by atoms with Crippen LogP contribution in [0.2, 0.25) is 0 Å². The molecule has 1 heterocycles. The minimum atomic E-state index is -2.82. The van der Waals surface area contributed by atoms with Gasteiger partial charge >= 0.3 is 6.61 Å². The van der Waals surface area contributed by atoms with Gasteiger partial charge < -0.3 is 15.4 Å². The van der Waals surface area contributed by atoms with Gasteiger partial charge in [-0.1, -0.05) is 18.6 Å². The predicted molar refractivity (Wildman–Crippen MR) is 77.8 cm³/mol. The second-order valence-corrected chi connectivity index (χ2v) is 4.74. The minimum absolute atomic E-state index is 0. The van der Waals surface area contributed by atoms with Gasteiger partial charge in [-0.2, -0.15) is 8.78 Å². The number of piperidine rings is 1. The first-order valence-corrected chi connectivity index (χ1v) is 6.70. The molecule has 21 heavy (non-hydrogen) atoms. The summed E-state index contributed by atoms with van der Waals surface area (Å²) in [5, 5.41) is 6.01. The first-order valence-electron chi connectivity index (χ1n) is 6.70. The van der Waals surface area contributed by atoms with Gasteiger partial charge in [0.05, 0.1) is 6.04 Å². The smallest absolute Gasteiger partial charge is 0.387 e. The number of rotatable bonds is 5. The summed E-state index contributed by atoms with van der Waals surface area (Å²) in [5.41, 5.74) is 0.843. The van der Waals surface area contributed by atoms with E-state index in [1.54, 1.807) is 12.1 Å². The lowest BCUT2D eigenvalue weighted by molar-refractivity contribution is -0.123. The number of alkyl halides is 2. The number of halogens is 3. The Morgan fingerprint density at radius 2 is 2.05 bits per heavy atom. The van der Waals surface area contributed by atoms with E-state index in [1.807, 2.05) is 0 Å². The second kappa shape index (κ2) is 8.79. The Bertz CT molecular complexity index is 437. The molecular weight excluding hydrogens is 302 g/mol. The number of benzene rings is 1. The summed E-state index contributed by atoms with van der Waals surface area (Å²) in [6.07, 6.45) is 3.02. The first-order chi connectivity index (χ1) is 9.65. The van der Waals surface area contributed by atoms with Crippen molar-refractivity contribution in [2.24, 2.45) is 0 Å². The fourth-order valence-electron chi connectivity index (χ4n) is 2.18. The Morgan fingerprint density at radius 3 is 2.62 bits per heavy atom. The Balaban J connectivity index is 0.00000220. The summed E-state index contributed by atoms with van der Waals surface area (Å²) in [4.78, 5) is 11.9. The molecule has 1 amide bonds. The average molecular weight is 321 g/mol. The zero-order valence-electron chi connectivity index (χ0n) is 11.5. The molecule has 0 aromatic heterocycles. The molecule has 2 N–H and O–H groups in total. The first kappa shape index (κ1) is 17.7. The molecule has 1 aliphatic rings. The van der Waals surface area contributed by atoms with Gasteiger partial charge in [0.2, 0.25) is 5.91 Å². The average Bonchev–Trinajstić information content (AvgIpc) is 2.46. The Labute approximate surface area is 128 Å². The molecule has 1 saturated heterocycles. The molecule has 0 radical (unpaired) electrons. The molecule has 0 unspecified atom stereocenters. The van der Waals surface area contributed by atoms with Crippen LogP contribution >= 0.6 is 12.4 Å². The van der Waals surface area contributed by atoms with E-state index in [9.17, 15) is 13.6 Å². The molecule has 118 valence electrons. The highest BCUT2D eigenvalue weighted by Crippen LogP contribution is 2.15. The maximum Gasteiger partial charge on any atom is 0.387 e. The third-order valence-electron chi connectivity index (χ3n) is 3.24. The largest absolute Gasteiger partial charge is 0.435 e. The summed E-state index contributed by atoms with van der Waals surface area (Å²) in [5.74, 6) is 0.0987. The zero-order chi connectivity index (χ0) is 14.4. The molecule has 7 heteroatoms. The highest BCUT2D eigenvalue weighted by atomic mass is 35.5. The van der Waals surface area contributed by atoms with Crippen molar-refractivity contribution >= 4 is 18.3 Å². The van der Waals surface area contributed by atoms with Gasteiger partial charge in [0.25, 0.3) is 0 Å². The standard InChI is InChI=1S/C14H18F2N2O2.ClH/c15-14(16)20-11-6-4-10(5-7-11)9-18-13(19)12-3-1-2-8-17-12;/h4-7,12,14,17H,1-3,8-9H2,(H,18,19);1H/t12-;/m0./s1. The van der Waals surface area contributed by atoms with E-state index in [4.69, 9.17) is 0 Å². The number of amides is 1. The lowest BCUT2D eigenvalue weighted by atomic mass is 10.0. The highest BCUT2D eigenvalue weighted by Gasteiger charge is 2.19. The van der Waals surface area contributed by atoms with E-state index in [1.165, 1.54) is 12.1 Å². The SMILES string of the molecule is Cl.O=C(NCc1ccc(OC(F)F)cc1)[C@@H]1CCCCN1. The Morgan fingerprint density at radius 1 is 1.33 bits per heavy atom. The summed E-state index contributed by atoms with van der Waals surface area (Å²) < 4.78 is 28.2. The van der Waals surface area contributed by atoms with Crippen LogP contribution in [0.3, 0.4) is 0 Å². The molecule has 0 saturated carbocycles. The van der Waals surface area contributed by atoms with Gasteiger partial charge in [-0.15, -0.1) is 12.4 Å². The Kier molecular flexibility index (Phi) is 7.39. The van der Waals surface area contributed by atoms with Crippen molar-refractivity contribution in [3.8, 4) is 5.75 Å². The summed E-state index contributed by atoms with van der Waals surface area (Å²) in [6, 6.07) is 6.13. The van der Waals surface area contributed by atoms with Gasteiger partial charge in [0, 0.05) is 6.54 Å². The molecule has 0 spiro atoms. The molecule has 0 aliphatic carbocycles. The summed E-state index contributed by atoms with van der Waals surface area (Å²) in [6.45, 7) is -1.57. The van der Waals surface area contributed by atoms with Crippen molar-refractivity contribution in [3.63, 3.8) is 0 Å². The lowest BCUT2D eigenvalue weighted by Gasteiger charge is -2.22. The fourth-order valence-corrected chi connectivity index (χ4v) is 2.18. The minimum Gasteiger partial charge on any atom is -0.435 e. The van der Waals surface area contributed by atoms with Crippen molar-refractivity contribution in [3.05, 3.63) is 29.8 Å². The number of nitrogens with one attached hydrogen (secondary N) is 2. The zero-order valence-corrected chi connectivity index (χ0v) is 12.3. The maximum absolute atomic E-state index is 12.0. The number of ether oxygens (including phenoxy) is 1. The fraction of sp³-hybridized carbons (Fsp3) is 0.500. The molecule has 0 bridgehead atoms. The van der Waals surface area contributed by atoms with Crippen LogP contribution in [0, 0.1) is 0 Å². The summed E-state index contributed by atoms with van der Waals surface area (Å²) in [7, 11) is 0. The van der Waals surface area contributed by atoms with Gasteiger partial charge in [-0.05, 0) is 37.1 Å². The molecule has 1 aromatic rings. The second-order valence-electron chi connectivity index (χ2n) is 4.74. The third kappa shape index (κ3) is 5.85. The molecule has 1 aliphatic heterocycles. The molecule has 4 nitrogen and oxygen atoms in total. The van der Waals surface area contributed by atoms with Crippen LogP contribution in [0.25, 0.3) is 0 Å². The van der Waals surface area contributed by atoms with Gasteiger partial charge in [-0.25, -0.2) is 0 Å². The summed E-state index contributed by atoms with van der Waals surface area (Å²) >= 11 is 0. The van der Waals surface area contributed by atoms with Crippen LogP contribution < -0.4 is 15.4 Å². The van der Waals surface area contributed by atoms with Crippen molar-refractivity contribution in [1.82, 2.24) is 10.6 Å². The van der Waals surface area contributed by atoms with Crippen LogP contribution in [-0.2, 0) is 11.3 Å². The number of carbonyl (C=O) groups is 1. The van der Waals surface area contributed by atoms with Gasteiger partial charge in [-0.3, -0.25) is 4.79 Å². The topological polar surface area (TPSA) is 50.4 Å². The van der Waals surface area contributed by atoms with E-state index in [0.717, 1.165) is 31.4 Å². The van der Waals surface area contributed by atoms with Gasteiger partial charge in [0.15, 0.2) is 0 Å². The number of carbonyl (C=O) groups excluding carboxylic acids is 1. The van der Waals surface area contributed by atoms with Crippen molar-refractivity contribution in [2.45, 2.75) is 38.5 Å². The number of hydrogen-bond donors (Lipinski definition) is 2. The monoisotopic (exact) mass is 320 g/mol. The normalized spacial score (nSPS) is 18.0.